The Morgan fingerprint density at radius 1 is 1.44 bits per heavy atom. The monoisotopic (exact) mass is 245 g/mol. The average Bonchev–Trinajstić information content (AvgIpc) is 2.77. The standard InChI is InChI=1S/C13H15N3O2/c1-3-10-6-11(5-4-9(10)2)16-12(7-13(17)18)8-14-15-16/h4-6,8H,3,7H2,1-2H3,(H,17,18). The number of aryl methyl sites for hydroxylation is 2. The van der Waals surface area contributed by atoms with Crippen molar-refractivity contribution in [3.63, 3.8) is 0 Å². The summed E-state index contributed by atoms with van der Waals surface area (Å²) < 4.78 is 1.58. The number of carboxylic acid groups (broad SMARTS) is 1. The van der Waals surface area contributed by atoms with E-state index >= 15 is 0 Å². The molecule has 0 fully saturated rings. The maximum Gasteiger partial charge on any atom is 0.309 e. The molecule has 1 aromatic carbocycles. The van der Waals surface area contributed by atoms with Crippen LogP contribution in [0.2, 0.25) is 0 Å². The Kier molecular flexibility index (Phi) is 3.41. The predicted octanol–water partition coefficient (Wildman–Crippen LogP) is 1.77. The first-order valence-electron chi connectivity index (χ1n) is 5.83. The molecule has 0 bridgehead atoms. The Bertz CT molecular complexity index is 575. The van der Waals surface area contributed by atoms with E-state index in [2.05, 4.69) is 24.2 Å². The Morgan fingerprint density at radius 2 is 2.22 bits per heavy atom. The molecule has 5 heteroatoms. The van der Waals surface area contributed by atoms with Gasteiger partial charge >= 0.3 is 5.97 Å². The lowest BCUT2D eigenvalue weighted by Crippen LogP contribution is -2.08. The third kappa shape index (κ3) is 2.40. The van der Waals surface area contributed by atoms with Crippen LogP contribution in [0, 0.1) is 6.92 Å². The molecule has 1 aromatic heterocycles. The second kappa shape index (κ2) is 5.00. The molecule has 0 aliphatic rings. The van der Waals surface area contributed by atoms with E-state index in [1.165, 1.54) is 17.3 Å². The number of rotatable bonds is 4. The maximum atomic E-state index is 10.8. The predicted molar refractivity (Wildman–Crippen MR) is 66.8 cm³/mol. The summed E-state index contributed by atoms with van der Waals surface area (Å²) in [6, 6.07) is 5.96. The minimum Gasteiger partial charge on any atom is -0.481 e. The number of hydrogen-bond donors (Lipinski definition) is 1. The third-order valence-electron chi connectivity index (χ3n) is 2.91. The highest BCUT2D eigenvalue weighted by Gasteiger charge is 2.10. The van der Waals surface area contributed by atoms with E-state index in [0.717, 1.165) is 12.1 Å². The molecule has 0 aliphatic heterocycles. The number of hydrogen-bond acceptors (Lipinski definition) is 3. The largest absolute Gasteiger partial charge is 0.481 e. The quantitative estimate of drug-likeness (QED) is 0.891. The van der Waals surface area contributed by atoms with Gasteiger partial charge in [-0.25, -0.2) is 4.68 Å². The summed E-state index contributed by atoms with van der Waals surface area (Å²) in [7, 11) is 0. The average molecular weight is 245 g/mol. The summed E-state index contributed by atoms with van der Waals surface area (Å²) in [5, 5.41) is 16.6. The van der Waals surface area contributed by atoms with Crippen LogP contribution in [0.3, 0.4) is 0 Å². The van der Waals surface area contributed by atoms with E-state index < -0.39 is 5.97 Å². The fraction of sp³-hybridized carbons (Fsp3) is 0.308. The first-order valence-corrected chi connectivity index (χ1v) is 5.83. The van der Waals surface area contributed by atoms with Crippen molar-refractivity contribution in [3.05, 3.63) is 41.2 Å². The van der Waals surface area contributed by atoms with Gasteiger partial charge in [0, 0.05) is 0 Å². The second-order valence-corrected chi connectivity index (χ2v) is 4.17. The van der Waals surface area contributed by atoms with E-state index in [9.17, 15) is 4.79 Å². The highest BCUT2D eigenvalue weighted by molar-refractivity contribution is 5.69. The van der Waals surface area contributed by atoms with Gasteiger partial charge in [0.25, 0.3) is 0 Å². The smallest absolute Gasteiger partial charge is 0.309 e. The van der Waals surface area contributed by atoms with Crippen molar-refractivity contribution >= 4 is 5.97 Å². The van der Waals surface area contributed by atoms with E-state index in [-0.39, 0.29) is 6.42 Å². The SMILES string of the molecule is CCc1cc(-n2nncc2CC(=O)O)ccc1C. The summed E-state index contributed by atoms with van der Waals surface area (Å²) in [4.78, 5) is 10.8. The number of nitrogens with zero attached hydrogens (tertiary/aromatic N) is 3. The van der Waals surface area contributed by atoms with Gasteiger partial charge in [0.05, 0.1) is 24.0 Å². The molecule has 0 amide bonds. The number of carboxylic acids is 1. The van der Waals surface area contributed by atoms with Gasteiger partial charge in [-0.3, -0.25) is 4.79 Å². The molecule has 1 heterocycles. The fourth-order valence-corrected chi connectivity index (χ4v) is 1.92. The van der Waals surface area contributed by atoms with E-state index in [1.54, 1.807) is 4.68 Å². The molecule has 1 N–H and O–H groups in total. The molecule has 0 saturated heterocycles. The Balaban J connectivity index is 2.42. The van der Waals surface area contributed by atoms with Crippen LogP contribution < -0.4 is 0 Å². The Hall–Kier alpha value is -2.17. The number of benzene rings is 1. The zero-order valence-electron chi connectivity index (χ0n) is 10.4. The van der Waals surface area contributed by atoms with Crippen LogP contribution in [0.1, 0.15) is 23.7 Å². The van der Waals surface area contributed by atoms with Gasteiger partial charge in [-0.1, -0.05) is 18.2 Å². The van der Waals surface area contributed by atoms with Crippen LogP contribution >= 0.6 is 0 Å². The lowest BCUT2D eigenvalue weighted by molar-refractivity contribution is -0.136. The van der Waals surface area contributed by atoms with Gasteiger partial charge in [0.15, 0.2) is 0 Å². The van der Waals surface area contributed by atoms with Crippen molar-refractivity contribution in [3.8, 4) is 5.69 Å². The lowest BCUT2D eigenvalue weighted by Gasteiger charge is -2.08. The fourth-order valence-electron chi connectivity index (χ4n) is 1.92. The second-order valence-electron chi connectivity index (χ2n) is 4.17. The van der Waals surface area contributed by atoms with Crippen LogP contribution in [-0.2, 0) is 17.6 Å². The molecular weight excluding hydrogens is 230 g/mol. The van der Waals surface area contributed by atoms with E-state index in [4.69, 9.17) is 5.11 Å². The van der Waals surface area contributed by atoms with Gasteiger partial charge in [0.2, 0.25) is 0 Å². The Labute approximate surface area is 105 Å². The first-order chi connectivity index (χ1) is 8.61. The van der Waals surface area contributed by atoms with Gasteiger partial charge in [-0.15, -0.1) is 5.10 Å². The van der Waals surface area contributed by atoms with Crippen LogP contribution in [0.25, 0.3) is 5.69 Å². The lowest BCUT2D eigenvalue weighted by atomic mass is 10.1. The van der Waals surface area contributed by atoms with Crippen LogP contribution in [-0.4, -0.2) is 26.1 Å². The van der Waals surface area contributed by atoms with Crippen molar-refractivity contribution in [2.45, 2.75) is 26.7 Å². The van der Waals surface area contributed by atoms with Gasteiger partial charge in [0.1, 0.15) is 0 Å². The third-order valence-corrected chi connectivity index (χ3v) is 2.91. The minimum atomic E-state index is -0.888. The topological polar surface area (TPSA) is 68.0 Å². The highest BCUT2D eigenvalue weighted by atomic mass is 16.4. The normalized spacial score (nSPS) is 10.6. The molecule has 0 aliphatic carbocycles. The van der Waals surface area contributed by atoms with E-state index in [1.807, 2.05) is 18.2 Å². The van der Waals surface area contributed by atoms with Crippen LogP contribution in [0.15, 0.2) is 24.4 Å². The van der Waals surface area contributed by atoms with Crippen molar-refractivity contribution in [1.29, 1.82) is 0 Å². The molecule has 2 rings (SSSR count). The highest BCUT2D eigenvalue weighted by Crippen LogP contribution is 2.16. The molecule has 2 aromatic rings. The van der Waals surface area contributed by atoms with Crippen molar-refractivity contribution < 1.29 is 9.90 Å². The Morgan fingerprint density at radius 3 is 2.89 bits per heavy atom. The van der Waals surface area contributed by atoms with Gasteiger partial charge < -0.3 is 5.11 Å². The summed E-state index contributed by atoms with van der Waals surface area (Å²) in [5.74, 6) is -0.888. The molecule has 0 atom stereocenters. The van der Waals surface area contributed by atoms with Gasteiger partial charge in [-0.05, 0) is 36.6 Å². The van der Waals surface area contributed by atoms with Crippen molar-refractivity contribution in [1.82, 2.24) is 15.0 Å². The van der Waals surface area contributed by atoms with Gasteiger partial charge in [-0.2, -0.15) is 0 Å². The summed E-state index contributed by atoms with van der Waals surface area (Å²) >= 11 is 0. The molecule has 5 nitrogen and oxygen atoms in total. The summed E-state index contributed by atoms with van der Waals surface area (Å²) in [6.45, 7) is 4.15. The van der Waals surface area contributed by atoms with Crippen molar-refractivity contribution in [2.75, 3.05) is 0 Å². The molecule has 0 saturated carbocycles. The molecule has 0 unspecified atom stereocenters. The molecule has 18 heavy (non-hydrogen) atoms. The zero-order chi connectivity index (χ0) is 13.1. The van der Waals surface area contributed by atoms with Crippen LogP contribution in [0.5, 0.6) is 0 Å². The zero-order valence-corrected chi connectivity index (χ0v) is 10.4. The first kappa shape index (κ1) is 12.3. The number of aromatic nitrogens is 3. The van der Waals surface area contributed by atoms with E-state index in [0.29, 0.717) is 5.69 Å². The summed E-state index contributed by atoms with van der Waals surface area (Å²) in [5.41, 5.74) is 3.88. The van der Waals surface area contributed by atoms with Crippen LogP contribution in [0.4, 0.5) is 0 Å². The molecular formula is C13H15N3O2. The molecule has 0 spiro atoms. The summed E-state index contributed by atoms with van der Waals surface area (Å²) in [6.07, 6.45) is 2.34. The minimum absolute atomic E-state index is 0.0810. The molecule has 0 radical (unpaired) electrons. The van der Waals surface area contributed by atoms with Crippen molar-refractivity contribution in [2.24, 2.45) is 0 Å². The number of aliphatic carboxylic acids is 1. The molecule has 94 valence electrons. The maximum absolute atomic E-state index is 10.8. The number of carbonyl (C=O) groups is 1.